The van der Waals surface area contributed by atoms with Crippen molar-refractivity contribution in [3.63, 3.8) is 0 Å². The lowest BCUT2D eigenvalue weighted by Gasteiger charge is -2.36. The third-order valence-corrected chi connectivity index (χ3v) is 6.61. The molecular weight excluding hydrogens is 402 g/mol. The summed E-state index contributed by atoms with van der Waals surface area (Å²) >= 11 is 0. The van der Waals surface area contributed by atoms with Gasteiger partial charge in [0, 0.05) is 12.2 Å². The fraction of sp³-hybridized carbons (Fsp3) is 0.360. The second kappa shape index (κ2) is 8.01. The Morgan fingerprint density at radius 1 is 1.19 bits per heavy atom. The molecule has 2 aliphatic rings. The Morgan fingerprint density at radius 3 is 2.81 bits per heavy atom. The highest BCUT2D eigenvalue weighted by Gasteiger charge is 2.48. The van der Waals surface area contributed by atoms with E-state index in [1.165, 1.54) is 0 Å². The lowest BCUT2D eigenvalue weighted by atomic mass is 9.78. The average molecular weight is 425 g/mol. The topological polar surface area (TPSA) is 94.9 Å². The van der Waals surface area contributed by atoms with E-state index in [-0.39, 0.29) is 6.09 Å². The molecule has 160 valence electrons. The van der Waals surface area contributed by atoms with Gasteiger partial charge >= 0.3 is 6.09 Å². The summed E-state index contributed by atoms with van der Waals surface area (Å²) < 4.78 is 8.09. The van der Waals surface area contributed by atoms with Crippen molar-refractivity contribution in [2.45, 2.75) is 44.2 Å². The number of hydrogen-bond donors (Lipinski definition) is 0. The van der Waals surface area contributed by atoms with Crippen LogP contribution in [0, 0.1) is 28.6 Å². The molecule has 1 saturated carbocycles. The summed E-state index contributed by atoms with van der Waals surface area (Å²) in [6, 6.07) is 17.4. The molecule has 7 nitrogen and oxygen atoms in total. The van der Waals surface area contributed by atoms with Gasteiger partial charge in [-0.1, -0.05) is 12.1 Å². The molecule has 0 bridgehead atoms. The number of imidazole rings is 1. The van der Waals surface area contributed by atoms with Crippen molar-refractivity contribution in [2.24, 2.45) is 5.92 Å². The van der Waals surface area contributed by atoms with Crippen molar-refractivity contribution < 1.29 is 9.53 Å². The second-order valence-electron chi connectivity index (χ2n) is 8.81. The van der Waals surface area contributed by atoms with E-state index in [4.69, 9.17) is 10.00 Å². The molecule has 1 spiro atoms. The molecule has 1 aliphatic heterocycles. The number of carbonyl (C=O) groups excluding carboxylic acids is 1. The van der Waals surface area contributed by atoms with Crippen LogP contribution in [-0.2, 0) is 17.7 Å². The average Bonchev–Trinajstić information content (AvgIpc) is 3.34. The first-order chi connectivity index (χ1) is 15.6. The van der Waals surface area contributed by atoms with E-state index in [0.29, 0.717) is 24.4 Å². The van der Waals surface area contributed by atoms with Crippen LogP contribution in [0.3, 0.4) is 0 Å². The van der Waals surface area contributed by atoms with Gasteiger partial charge in [-0.25, -0.2) is 9.78 Å². The molecule has 2 heterocycles. The highest BCUT2D eigenvalue weighted by Crippen LogP contribution is 2.42. The largest absolute Gasteiger partial charge is 0.441 e. The summed E-state index contributed by atoms with van der Waals surface area (Å²) in [5.74, 6) is 0.359. The van der Waals surface area contributed by atoms with E-state index < -0.39 is 5.60 Å². The molecule has 7 heteroatoms. The number of rotatable bonds is 4. The van der Waals surface area contributed by atoms with E-state index in [1.807, 2.05) is 42.7 Å². The van der Waals surface area contributed by atoms with E-state index in [9.17, 15) is 10.1 Å². The van der Waals surface area contributed by atoms with E-state index in [1.54, 1.807) is 11.0 Å². The highest BCUT2D eigenvalue weighted by atomic mass is 16.6. The first-order valence-corrected chi connectivity index (χ1v) is 10.9. The van der Waals surface area contributed by atoms with E-state index in [0.717, 1.165) is 54.5 Å². The van der Waals surface area contributed by atoms with Crippen LogP contribution in [0.4, 0.5) is 10.5 Å². The van der Waals surface area contributed by atoms with Crippen LogP contribution in [0.5, 0.6) is 0 Å². The molecule has 0 unspecified atom stereocenters. The van der Waals surface area contributed by atoms with Crippen LogP contribution in [0.15, 0.2) is 48.8 Å². The van der Waals surface area contributed by atoms with Crippen LogP contribution in [0.25, 0.3) is 11.0 Å². The van der Waals surface area contributed by atoms with Crippen molar-refractivity contribution in [3.8, 4) is 12.1 Å². The summed E-state index contributed by atoms with van der Waals surface area (Å²) in [5.41, 5.74) is 3.74. The normalized spacial score (nSPS) is 22.6. The monoisotopic (exact) mass is 425 g/mol. The summed E-state index contributed by atoms with van der Waals surface area (Å²) in [7, 11) is 0. The van der Waals surface area contributed by atoms with Crippen molar-refractivity contribution in [1.82, 2.24) is 9.55 Å². The Bertz CT molecular complexity index is 1250. The Hall–Kier alpha value is -3.84. The van der Waals surface area contributed by atoms with Crippen LogP contribution in [-0.4, -0.2) is 27.8 Å². The first kappa shape index (κ1) is 20.1. The van der Waals surface area contributed by atoms with Crippen LogP contribution in [0.2, 0.25) is 0 Å². The minimum atomic E-state index is -0.473. The van der Waals surface area contributed by atoms with Gasteiger partial charge < -0.3 is 9.30 Å². The molecule has 2 atom stereocenters. The fourth-order valence-corrected chi connectivity index (χ4v) is 5.09. The quantitative estimate of drug-likeness (QED) is 0.611. The van der Waals surface area contributed by atoms with Gasteiger partial charge in [0.15, 0.2) is 0 Å². The maximum atomic E-state index is 12.7. The van der Waals surface area contributed by atoms with Gasteiger partial charge in [0.05, 0.1) is 48.0 Å². The standard InChI is InChI=1S/C25H23N5O2/c26-11-9-18-3-6-21(7-4-18)30-16-25(32-24(30)31)10-1-2-20(13-25)15-29-17-28-22-8-5-19(14-27)12-23(22)29/h3-8,12,17,20H,1-2,9-10,13,15-16H2/t20-,25-/m0/s1. The van der Waals surface area contributed by atoms with Crippen molar-refractivity contribution in [1.29, 1.82) is 10.5 Å². The van der Waals surface area contributed by atoms with Gasteiger partial charge in [0.1, 0.15) is 5.60 Å². The number of aromatic nitrogens is 2. The maximum absolute atomic E-state index is 12.7. The number of benzene rings is 2. The summed E-state index contributed by atoms with van der Waals surface area (Å²) in [6.45, 7) is 1.33. The summed E-state index contributed by atoms with van der Waals surface area (Å²) in [4.78, 5) is 18.9. The number of nitrogens with zero attached hydrogens (tertiary/aromatic N) is 5. The molecule has 2 fully saturated rings. The minimum absolute atomic E-state index is 0.301. The van der Waals surface area contributed by atoms with Gasteiger partial charge in [-0.3, -0.25) is 4.90 Å². The van der Waals surface area contributed by atoms with Crippen molar-refractivity contribution in [3.05, 3.63) is 59.9 Å². The van der Waals surface area contributed by atoms with Gasteiger partial charge in [-0.2, -0.15) is 10.5 Å². The van der Waals surface area contributed by atoms with Crippen LogP contribution in [0.1, 0.15) is 36.8 Å². The predicted octanol–water partition coefficient (Wildman–Crippen LogP) is 4.56. The van der Waals surface area contributed by atoms with E-state index in [2.05, 4.69) is 21.7 Å². The zero-order valence-corrected chi connectivity index (χ0v) is 17.7. The van der Waals surface area contributed by atoms with Gasteiger partial charge in [0.25, 0.3) is 0 Å². The molecule has 0 radical (unpaired) electrons. The number of nitriles is 2. The zero-order chi connectivity index (χ0) is 22.1. The molecule has 1 amide bonds. The molecule has 1 saturated heterocycles. The van der Waals surface area contributed by atoms with Crippen LogP contribution >= 0.6 is 0 Å². The zero-order valence-electron chi connectivity index (χ0n) is 17.7. The molecule has 5 rings (SSSR count). The van der Waals surface area contributed by atoms with Gasteiger partial charge in [0.2, 0.25) is 0 Å². The summed E-state index contributed by atoms with van der Waals surface area (Å²) in [6.07, 6.45) is 5.63. The Kier molecular flexibility index (Phi) is 5.03. The Morgan fingerprint density at radius 2 is 2.03 bits per heavy atom. The molecule has 0 N–H and O–H groups in total. The number of ether oxygens (including phenoxy) is 1. The summed E-state index contributed by atoms with van der Waals surface area (Å²) in [5, 5.41) is 18.1. The number of hydrogen-bond acceptors (Lipinski definition) is 5. The molecule has 1 aromatic heterocycles. The van der Waals surface area contributed by atoms with E-state index >= 15 is 0 Å². The molecular formula is C25H23N5O2. The van der Waals surface area contributed by atoms with Crippen molar-refractivity contribution in [2.75, 3.05) is 11.4 Å². The molecule has 3 aromatic rings. The SMILES string of the molecule is N#CCc1ccc(N2C[C@@]3(CCC[C@H](Cn4cnc5ccc(C#N)cc54)C3)OC2=O)cc1. The highest BCUT2D eigenvalue weighted by molar-refractivity contribution is 5.90. The third kappa shape index (κ3) is 3.67. The molecule has 32 heavy (non-hydrogen) atoms. The lowest BCUT2D eigenvalue weighted by Crippen LogP contribution is -2.40. The Labute approximate surface area is 186 Å². The fourth-order valence-electron chi connectivity index (χ4n) is 5.09. The number of anilines is 1. The third-order valence-electron chi connectivity index (χ3n) is 6.61. The lowest BCUT2D eigenvalue weighted by molar-refractivity contribution is 0.00439. The van der Waals surface area contributed by atoms with Crippen LogP contribution < -0.4 is 4.90 Å². The number of amides is 1. The molecule has 2 aromatic carbocycles. The first-order valence-electron chi connectivity index (χ1n) is 10.9. The van der Waals surface area contributed by atoms with Gasteiger partial charge in [-0.15, -0.1) is 0 Å². The van der Waals surface area contributed by atoms with Crippen molar-refractivity contribution >= 4 is 22.8 Å². The second-order valence-corrected chi connectivity index (χ2v) is 8.81. The predicted molar refractivity (Wildman–Crippen MR) is 119 cm³/mol. The smallest absolute Gasteiger partial charge is 0.415 e. The number of carbonyl (C=O) groups is 1. The maximum Gasteiger partial charge on any atom is 0.415 e. The number of fused-ring (bicyclic) bond motifs is 1. The van der Waals surface area contributed by atoms with Gasteiger partial charge in [-0.05, 0) is 67.5 Å². The molecule has 1 aliphatic carbocycles. The minimum Gasteiger partial charge on any atom is -0.441 e. The Balaban J connectivity index is 1.32.